The summed E-state index contributed by atoms with van der Waals surface area (Å²) < 4.78 is 21.3. The number of nitriles is 1. The minimum absolute atomic E-state index is 0.100. The number of aromatic nitrogens is 3. The average Bonchev–Trinajstić information content (AvgIpc) is 2.87. The van der Waals surface area contributed by atoms with Crippen LogP contribution in [0.4, 0.5) is 4.39 Å². The molecule has 1 aromatic carbocycles. The van der Waals surface area contributed by atoms with E-state index in [0.717, 1.165) is 0 Å². The number of fused-ring (bicyclic) bond motifs is 1. The van der Waals surface area contributed by atoms with Gasteiger partial charge < -0.3 is 4.74 Å². The molecule has 0 atom stereocenters. The molecule has 3 rings (SSSR count). The largest absolute Gasteiger partial charge is 0.434 e. The Bertz CT molecular complexity index is 840. The molecule has 0 N–H and O–H groups in total. The Morgan fingerprint density at radius 1 is 1.40 bits per heavy atom. The normalized spacial score (nSPS) is 10.4. The second-order valence-corrected chi connectivity index (χ2v) is 4.67. The third-order valence-electron chi connectivity index (χ3n) is 2.61. The number of benzene rings is 1. The van der Waals surface area contributed by atoms with Crippen LogP contribution in [0.3, 0.4) is 0 Å². The van der Waals surface area contributed by atoms with Crippen molar-refractivity contribution in [2.75, 3.05) is 0 Å². The molecule has 5 nitrogen and oxygen atoms in total. The highest BCUT2D eigenvalue weighted by Crippen LogP contribution is 2.28. The first-order valence-electron chi connectivity index (χ1n) is 5.54. The van der Waals surface area contributed by atoms with E-state index in [2.05, 4.69) is 25.9 Å². The highest BCUT2D eigenvalue weighted by Gasteiger charge is 2.14. The van der Waals surface area contributed by atoms with Gasteiger partial charge in [-0.15, -0.1) is 0 Å². The summed E-state index contributed by atoms with van der Waals surface area (Å²) in [5.74, 6) is -0.353. The highest BCUT2D eigenvalue weighted by atomic mass is 79.9. The lowest BCUT2D eigenvalue weighted by atomic mass is 10.2. The lowest BCUT2D eigenvalue weighted by Crippen LogP contribution is -1.97. The quantitative estimate of drug-likeness (QED) is 0.722. The van der Waals surface area contributed by atoms with Crippen molar-refractivity contribution in [1.82, 2.24) is 14.4 Å². The van der Waals surface area contributed by atoms with Gasteiger partial charge >= 0.3 is 0 Å². The van der Waals surface area contributed by atoms with Gasteiger partial charge in [-0.25, -0.2) is 14.4 Å². The van der Waals surface area contributed by atoms with Crippen molar-refractivity contribution in [2.45, 2.75) is 0 Å². The van der Waals surface area contributed by atoms with Crippen molar-refractivity contribution in [3.05, 3.63) is 52.8 Å². The predicted molar refractivity (Wildman–Crippen MR) is 71.9 cm³/mol. The van der Waals surface area contributed by atoms with Gasteiger partial charge in [0.05, 0.1) is 0 Å². The number of hydrogen-bond acceptors (Lipinski definition) is 4. The minimum atomic E-state index is -0.639. The molecule has 0 aliphatic rings. The van der Waals surface area contributed by atoms with E-state index >= 15 is 0 Å². The zero-order chi connectivity index (χ0) is 14.1. The van der Waals surface area contributed by atoms with E-state index in [-0.39, 0.29) is 17.2 Å². The van der Waals surface area contributed by atoms with Gasteiger partial charge in [0.15, 0.2) is 0 Å². The number of nitrogens with zero attached hydrogens (tertiary/aromatic N) is 4. The van der Waals surface area contributed by atoms with E-state index in [1.807, 2.05) is 0 Å². The Morgan fingerprint density at radius 2 is 2.25 bits per heavy atom. The van der Waals surface area contributed by atoms with Gasteiger partial charge in [0.2, 0.25) is 5.65 Å². The SMILES string of the molecule is N#Cc1c(F)cccc1Oc1nc(Br)cn2ccnc12. The maximum atomic E-state index is 13.5. The van der Waals surface area contributed by atoms with Gasteiger partial charge in [0.25, 0.3) is 5.88 Å². The van der Waals surface area contributed by atoms with Crippen LogP contribution in [-0.4, -0.2) is 14.4 Å². The first-order chi connectivity index (χ1) is 9.69. The summed E-state index contributed by atoms with van der Waals surface area (Å²) in [6, 6.07) is 5.94. The van der Waals surface area contributed by atoms with Crippen LogP contribution >= 0.6 is 15.9 Å². The van der Waals surface area contributed by atoms with E-state index < -0.39 is 5.82 Å². The predicted octanol–water partition coefficient (Wildman–Crippen LogP) is 3.29. The molecule has 0 aliphatic heterocycles. The molecule has 7 heteroatoms. The molecule has 2 heterocycles. The monoisotopic (exact) mass is 332 g/mol. The van der Waals surface area contributed by atoms with Crippen molar-refractivity contribution in [1.29, 1.82) is 5.26 Å². The summed E-state index contributed by atoms with van der Waals surface area (Å²) in [6.45, 7) is 0. The van der Waals surface area contributed by atoms with Crippen LogP contribution in [0.15, 0.2) is 41.4 Å². The zero-order valence-electron chi connectivity index (χ0n) is 9.92. The van der Waals surface area contributed by atoms with Crippen LogP contribution in [0, 0.1) is 17.1 Å². The van der Waals surface area contributed by atoms with Crippen molar-refractivity contribution in [3.63, 3.8) is 0 Å². The van der Waals surface area contributed by atoms with Crippen molar-refractivity contribution in [3.8, 4) is 17.7 Å². The number of ether oxygens (including phenoxy) is 1. The molecule has 0 saturated heterocycles. The zero-order valence-corrected chi connectivity index (χ0v) is 11.5. The number of hydrogen-bond donors (Lipinski definition) is 0. The molecule has 2 aromatic heterocycles. The smallest absolute Gasteiger partial charge is 0.265 e. The van der Waals surface area contributed by atoms with Gasteiger partial charge in [0.1, 0.15) is 27.8 Å². The molecule has 0 amide bonds. The van der Waals surface area contributed by atoms with Crippen LogP contribution in [0.2, 0.25) is 0 Å². The third kappa shape index (κ3) is 2.10. The molecular formula is C13H6BrFN4O. The van der Waals surface area contributed by atoms with E-state index in [0.29, 0.717) is 10.3 Å². The van der Waals surface area contributed by atoms with Crippen molar-refractivity contribution >= 4 is 21.6 Å². The van der Waals surface area contributed by atoms with Gasteiger partial charge in [0, 0.05) is 18.6 Å². The summed E-state index contributed by atoms with van der Waals surface area (Å²) in [5.41, 5.74) is 0.306. The van der Waals surface area contributed by atoms with Gasteiger partial charge in [-0.2, -0.15) is 5.26 Å². The summed E-state index contributed by atoms with van der Waals surface area (Å²) in [6.07, 6.45) is 5.03. The molecule has 0 spiro atoms. The van der Waals surface area contributed by atoms with Gasteiger partial charge in [-0.05, 0) is 28.1 Å². The molecule has 0 saturated carbocycles. The van der Waals surface area contributed by atoms with Crippen LogP contribution in [-0.2, 0) is 0 Å². The average molecular weight is 333 g/mol. The summed E-state index contributed by atoms with van der Waals surface area (Å²) in [7, 11) is 0. The Labute approximate surface area is 121 Å². The molecule has 0 fully saturated rings. The molecule has 0 aliphatic carbocycles. The molecule has 0 unspecified atom stereocenters. The van der Waals surface area contributed by atoms with E-state index in [1.165, 1.54) is 18.2 Å². The lowest BCUT2D eigenvalue weighted by Gasteiger charge is -2.08. The van der Waals surface area contributed by atoms with Crippen molar-refractivity contribution in [2.24, 2.45) is 0 Å². The fourth-order valence-electron chi connectivity index (χ4n) is 1.74. The van der Waals surface area contributed by atoms with E-state index in [9.17, 15) is 4.39 Å². The fourth-order valence-corrected chi connectivity index (χ4v) is 2.13. The molecular weight excluding hydrogens is 327 g/mol. The summed E-state index contributed by atoms with van der Waals surface area (Å²) >= 11 is 3.25. The van der Waals surface area contributed by atoms with Crippen molar-refractivity contribution < 1.29 is 9.13 Å². The topological polar surface area (TPSA) is 63.2 Å². The summed E-state index contributed by atoms with van der Waals surface area (Å²) in [4.78, 5) is 8.26. The summed E-state index contributed by atoms with van der Waals surface area (Å²) in [5, 5.41) is 8.98. The minimum Gasteiger partial charge on any atom is -0.434 e. The van der Waals surface area contributed by atoms with Crippen LogP contribution < -0.4 is 4.74 Å². The Hall–Kier alpha value is -2.46. The van der Waals surface area contributed by atoms with Crippen LogP contribution in [0.1, 0.15) is 5.56 Å². The Balaban J connectivity index is 2.13. The van der Waals surface area contributed by atoms with Crippen LogP contribution in [0.25, 0.3) is 5.65 Å². The Morgan fingerprint density at radius 3 is 3.05 bits per heavy atom. The maximum Gasteiger partial charge on any atom is 0.265 e. The van der Waals surface area contributed by atoms with Crippen LogP contribution in [0.5, 0.6) is 11.6 Å². The molecule has 3 aromatic rings. The maximum absolute atomic E-state index is 13.5. The van der Waals surface area contributed by atoms with E-state index in [4.69, 9.17) is 10.00 Å². The Kier molecular flexibility index (Phi) is 3.08. The molecule has 0 radical (unpaired) electrons. The third-order valence-corrected chi connectivity index (χ3v) is 2.99. The fraction of sp³-hybridized carbons (Fsp3) is 0. The van der Waals surface area contributed by atoms with Gasteiger partial charge in [-0.1, -0.05) is 6.07 Å². The number of halogens is 2. The molecule has 20 heavy (non-hydrogen) atoms. The first kappa shape index (κ1) is 12.6. The second-order valence-electron chi connectivity index (χ2n) is 3.85. The molecule has 98 valence electrons. The number of imidazole rings is 1. The van der Waals surface area contributed by atoms with E-state index in [1.54, 1.807) is 29.1 Å². The number of rotatable bonds is 2. The highest BCUT2D eigenvalue weighted by molar-refractivity contribution is 9.10. The first-order valence-corrected chi connectivity index (χ1v) is 6.34. The van der Waals surface area contributed by atoms with Gasteiger partial charge in [-0.3, -0.25) is 4.40 Å². The standard InChI is InChI=1S/C13H6BrFN4O/c14-11-7-19-5-4-17-12(19)13(18-11)20-10-3-1-2-9(15)8(10)6-16/h1-5,7H. The lowest BCUT2D eigenvalue weighted by molar-refractivity contribution is 0.457. The molecule has 0 bridgehead atoms. The second kappa shape index (κ2) is 4.90.